The Morgan fingerprint density at radius 2 is 2.27 bits per heavy atom. The molecular formula is C16H24BrClN2O2. The Morgan fingerprint density at radius 1 is 1.50 bits per heavy atom. The zero-order valence-electron chi connectivity index (χ0n) is 13.1. The van der Waals surface area contributed by atoms with Gasteiger partial charge < -0.3 is 15.0 Å². The first-order valence-electron chi connectivity index (χ1n) is 7.45. The summed E-state index contributed by atoms with van der Waals surface area (Å²) in [5.74, 6) is 0.984. The molecule has 0 saturated carbocycles. The van der Waals surface area contributed by atoms with E-state index in [2.05, 4.69) is 21.2 Å². The van der Waals surface area contributed by atoms with Gasteiger partial charge in [-0.3, -0.25) is 4.79 Å². The molecule has 1 heterocycles. The van der Waals surface area contributed by atoms with Gasteiger partial charge in [0.15, 0.2) is 0 Å². The molecule has 1 unspecified atom stereocenters. The van der Waals surface area contributed by atoms with Crippen LogP contribution in [0.15, 0.2) is 22.7 Å². The number of benzene rings is 1. The Labute approximate surface area is 147 Å². The first-order chi connectivity index (χ1) is 10.1. The maximum atomic E-state index is 12.3. The van der Waals surface area contributed by atoms with Crippen LogP contribution < -0.4 is 10.1 Å². The monoisotopic (exact) mass is 390 g/mol. The zero-order chi connectivity index (χ0) is 15.2. The number of carbonyl (C=O) groups excluding carboxylic acids is 1. The summed E-state index contributed by atoms with van der Waals surface area (Å²) in [6.45, 7) is 4.20. The fourth-order valence-electron chi connectivity index (χ4n) is 2.73. The molecule has 0 bridgehead atoms. The lowest BCUT2D eigenvalue weighted by atomic mass is 10.2. The van der Waals surface area contributed by atoms with Crippen LogP contribution in [0, 0.1) is 6.92 Å². The van der Waals surface area contributed by atoms with Gasteiger partial charge in [-0.2, -0.15) is 0 Å². The minimum Gasteiger partial charge on any atom is -0.492 e. The quantitative estimate of drug-likeness (QED) is 0.810. The van der Waals surface area contributed by atoms with E-state index in [9.17, 15) is 4.79 Å². The first-order valence-corrected chi connectivity index (χ1v) is 8.24. The molecule has 0 spiro atoms. The third-order valence-corrected chi connectivity index (χ3v) is 4.42. The summed E-state index contributed by atoms with van der Waals surface area (Å²) in [4.78, 5) is 14.3. The highest BCUT2D eigenvalue weighted by Gasteiger charge is 2.27. The van der Waals surface area contributed by atoms with Crippen molar-refractivity contribution >= 4 is 34.2 Å². The van der Waals surface area contributed by atoms with E-state index < -0.39 is 0 Å². The topological polar surface area (TPSA) is 41.6 Å². The number of halogens is 2. The SMILES string of the molecule is CNCC1CCCN1C(=O)CCOc1ccc(C)cc1Br.Cl. The minimum atomic E-state index is 0. The second-order valence-corrected chi connectivity index (χ2v) is 6.33. The molecule has 1 atom stereocenters. The molecule has 1 amide bonds. The van der Waals surface area contributed by atoms with Crippen LogP contribution in [0.1, 0.15) is 24.8 Å². The Bertz CT molecular complexity index is 499. The summed E-state index contributed by atoms with van der Waals surface area (Å²) in [5.41, 5.74) is 1.18. The van der Waals surface area contributed by atoms with E-state index in [0.29, 0.717) is 19.1 Å². The van der Waals surface area contributed by atoms with Crippen molar-refractivity contribution < 1.29 is 9.53 Å². The number of likely N-dealkylation sites (N-methyl/N-ethyl adjacent to an activating group) is 1. The number of hydrogen-bond donors (Lipinski definition) is 1. The number of nitrogens with one attached hydrogen (secondary N) is 1. The molecule has 0 aliphatic carbocycles. The van der Waals surface area contributed by atoms with Crippen LogP contribution in [-0.4, -0.2) is 43.6 Å². The Morgan fingerprint density at radius 3 is 2.95 bits per heavy atom. The molecule has 1 aliphatic heterocycles. The number of carbonyl (C=O) groups is 1. The predicted octanol–water partition coefficient (Wildman–Crippen LogP) is 3.16. The average Bonchev–Trinajstić information content (AvgIpc) is 2.90. The largest absolute Gasteiger partial charge is 0.492 e. The number of likely N-dealkylation sites (tertiary alicyclic amines) is 1. The van der Waals surface area contributed by atoms with Crippen LogP contribution in [0.2, 0.25) is 0 Å². The van der Waals surface area contributed by atoms with E-state index in [0.717, 1.165) is 36.2 Å². The van der Waals surface area contributed by atoms with E-state index in [1.807, 2.05) is 37.1 Å². The number of aryl methyl sites for hydroxylation is 1. The van der Waals surface area contributed by atoms with Crippen LogP contribution >= 0.6 is 28.3 Å². The van der Waals surface area contributed by atoms with Crippen molar-refractivity contribution in [3.63, 3.8) is 0 Å². The van der Waals surface area contributed by atoms with E-state index >= 15 is 0 Å². The van der Waals surface area contributed by atoms with Gasteiger partial charge in [-0.1, -0.05) is 6.07 Å². The summed E-state index contributed by atoms with van der Waals surface area (Å²) in [6, 6.07) is 6.30. The van der Waals surface area contributed by atoms with Crippen LogP contribution in [0.4, 0.5) is 0 Å². The maximum Gasteiger partial charge on any atom is 0.226 e. The second-order valence-electron chi connectivity index (χ2n) is 5.47. The number of ether oxygens (including phenoxy) is 1. The van der Waals surface area contributed by atoms with Gasteiger partial charge in [0.25, 0.3) is 0 Å². The zero-order valence-corrected chi connectivity index (χ0v) is 15.5. The average molecular weight is 392 g/mol. The lowest BCUT2D eigenvalue weighted by Crippen LogP contribution is -2.41. The minimum absolute atomic E-state index is 0. The Hall–Kier alpha value is -0.780. The number of hydrogen-bond acceptors (Lipinski definition) is 3. The predicted molar refractivity (Wildman–Crippen MR) is 94.9 cm³/mol. The maximum absolute atomic E-state index is 12.3. The molecule has 2 rings (SSSR count). The van der Waals surface area contributed by atoms with Crippen molar-refractivity contribution in [1.82, 2.24) is 10.2 Å². The highest BCUT2D eigenvalue weighted by Crippen LogP contribution is 2.26. The van der Waals surface area contributed by atoms with E-state index in [4.69, 9.17) is 4.74 Å². The molecule has 124 valence electrons. The standard InChI is InChI=1S/C16H23BrN2O2.ClH/c1-12-5-6-15(14(17)10-12)21-9-7-16(20)19-8-3-4-13(19)11-18-2;/h5-6,10,13,18H,3-4,7-9,11H2,1-2H3;1H. The van der Waals surface area contributed by atoms with Crippen molar-refractivity contribution in [3.8, 4) is 5.75 Å². The fourth-order valence-corrected chi connectivity index (χ4v) is 3.33. The molecule has 1 aliphatic rings. The Kier molecular flexibility index (Phi) is 8.21. The number of nitrogens with zero attached hydrogens (tertiary/aromatic N) is 1. The van der Waals surface area contributed by atoms with Crippen molar-refractivity contribution in [2.24, 2.45) is 0 Å². The van der Waals surface area contributed by atoms with E-state index in [1.54, 1.807) is 0 Å². The van der Waals surface area contributed by atoms with Gasteiger partial charge in [-0.05, 0) is 60.4 Å². The summed E-state index contributed by atoms with van der Waals surface area (Å²) in [6.07, 6.45) is 2.62. The van der Waals surface area contributed by atoms with Gasteiger partial charge in [0.05, 0.1) is 17.5 Å². The molecule has 1 saturated heterocycles. The molecule has 4 nitrogen and oxygen atoms in total. The summed E-state index contributed by atoms with van der Waals surface area (Å²) in [7, 11) is 1.93. The van der Waals surface area contributed by atoms with Gasteiger partial charge in [-0.25, -0.2) is 0 Å². The molecule has 1 aromatic rings. The molecule has 22 heavy (non-hydrogen) atoms. The fraction of sp³-hybridized carbons (Fsp3) is 0.562. The van der Waals surface area contributed by atoms with Crippen LogP contribution in [0.5, 0.6) is 5.75 Å². The van der Waals surface area contributed by atoms with Crippen LogP contribution in [0.3, 0.4) is 0 Å². The molecule has 1 fully saturated rings. The van der Waals surface area contributed by atoms with E-state index in [-0.39, 0.29) is 18.3 Å². The van der Waals surface area contributed by atoms with Crippen LogP contribution in [-0.2, 0) is 4.79 Å². The van der Waals surface area contributed by atoms with Crippen molar-refractivity contribution in [3.05, 3.63) is 28.2 Å². The molecule has 6 heteroatoms. The summed E-state index contributed by atoms with van der Waals surface area (Å²) in [5, 5.41) is 3.16. The van der Waals surface area contributed by atoms with Gasteiger partial charge in [0, 0.05) is 19.1 Å². The highest BCUT2D eigenvalue weighted by atomic mass is 79.9. The molecular weight excluding hydrogens is 368 g/mol. The van der Waals surface area contributed by atoms with Crippen molar-refractivity contribution in [2.45, 2.75) is 32.2 Å². The molecule has 0 radical (unpaired) electrons. The van der Waals surface area contributed by atoms with E-state index in [1.165, 1.54) is 5.56 Å². The Balaban J connectivity index is 0.00000242. The van der Waals surface area contributed by atoms with Crippen molar-refractivity contribution in [1.29, 1.82) is 0 Å². The lowest BCUT2D eigenvalue weighted by molar-refractivity contribution is -0.132. The number of rotatable bonds is 6. The summed E-state index contributed by atoms with van der Waals surface area (Å²) >= 11 is 3.48. The lowest BCUT2D eigenvalue weighted by Gasteiger charge is -2.24. The van der Waals surface area contributed by atoms with Crippen molar-refractivity contribution in [2.75, 3.05) is 26.7 Å². The van der Waals surface area contributed by atoms with Gasteiger partial charge in [0.1, 0.15) is 5.75 Å². The summed E-state index contributed by atoms with van der Waals surface area (Å²) < 4.78 is 6.64. The molecule has 1 aromatic carbocycles. The normalized spacial score (nSPS) is 17.2. The third kappa shape index (κ3) is 5.14. The second kappa shape index (κ2) is 9.38. The smallest absolute Gasteiger partial charge is 0.226 e. The number of amides is 1. The van der Waals surface area contributed by atoms with Crippen LogP contribution in [0.25, 0.3) is 0 Å². The van der Waals surface area contributed by atoms with Gasteiger partial charge in [-0.15, -0.1) is 12.4 Å². The molecule has 1 N–H and O–H groups in total. The van der Waals surface area contributed by atoms with Gasteiger partial charge >= 0.3 is 0 Å². The highest BCUT2D eigenvalue weighted by molar-refractivity contribution is 9.10. The molecule has 0 aromatic heterocycles. The first kappa shape index (κ1) is 19.3. The third-order valence-electron chi connectivity index (χ3n) is 3.80. The van der Waals surface area contributed by atoms with Gasteiger partial charge in [0.2, 0.25) is 5.91 Å².